The second-order valence-electron chi connectivity index (χ2n) is 4.48. The Balaban J connectivity index is 1.69. The molecule has 3 heterocycles. The third-order valence-electron chi connectivity index (χ3n) is 2.86. The first-order valence-corrected chi connectivity index (χ1v) is 9.31. The average Bonchev–Trinajstić information content (AvgIpc) is 3.26. The molecular weight excluding hydrogens is 416 g/mol. The van der Waals surface area contributed by atoms with E-state index in [-0.39, 0.29) is 18.0 Å². The summed E-state index contributed by atoms with van der Waals surface area (Å²) in [6, 6.07) is 5.51. The summed E-state index contributed by atoms with van der Waals surface area (Å²) in [7, 11) is 0. The summed E-state index contributed by atoms with van der Waals surface area (Å²) < 4.78 is 5.85. The van der Waals surface area contributed by atoms with E-state index in [9.17, 15) is 9.59 Å². The lowest BCUT2D eigenvalue weighted by atomic mass is 10.3. The van der Waals surface area contributed by atoms with Crippen molar-refractivity contribution < 1.29 is 14.3 Å². The molecule has 0 spiro atoms. The van der Waals surface area contributed by atoms with Crippen LogP contribution in [0.3, 0.4) is 0 Å². The Bertz CT molecular complexity index is 886. The first kappa shape index (κ1) is 16.8. The van der Waals surface area contributed by atoms with E-state index in [4.69, 9.17) is 4.74 Å². The number of ether oxygens (including phenoxy) is 1. The minimum Gasteiger partial charge on any atom is -0.461 e. The molecule has 0 unspecified atom stereocenters. The summed E-state index contributed by atoms with van der Waals surface area (Å²) in [5, 5.41) is 11.3. The first-order valence-electron chi connectivity index (χ1n) is 6.82. The summed E-state index contributed by atoms with van der Waals surface area (Å²) in [5.41, 5.74) is 1.16. The predicted molar refractivity (Wildman–Crippen MR) is 95.6 cm³/mol. The van der Waals surface area contributed by atoms with Gasteiger partial charge in [0.2, 0.25) is 0 Å². The van der Waals surface area contributed by atoms with Gasteiger partial charge in [0, 0.05) is 5.38 Å². The molecule has 0 aliphatic rings. The second kappa shape index (κ2) is 7.24. The van der Waals surface area contributed by atoms with Crippen LogP contribution < -0.4 is 5.32 Å². The second-order valence-corrected chi connectivity index (χ2v) is 7.80. The molecule has 2 N–H and O–H groups in total. The smallest absolute Gasteiger partial charge is 0.357 e. The Hall–Kier alpha value is -2.04. The van der Waals surface area contributed by atoms with Crippen LogP contribution in [0.2, 0.25) is 0 Å². The minimum atomic E-state index is -0.514. The zero-order valence-corrected chi connectivity index (χ0v) is 15.5. The number of amides is 1. The van der Waals surface area contributed by atoms with E-state index in [1.165, 1.54) is 16.7 Å². The van der Waals surface area contributed by atoms with E-state index in [1.807, 2.05) is 12.1 Å². The molecule has 124 valence electrons. The van der Waals surface area contributed by atoms with Crippen LogP contribution in [-0.2, 0) is 4.74 Å². The zero-order valence-electron chi connectivity index (χ0n) is 12.3. The number of nitrogens with zero attached hydrogens (tertiary/aromatic N) is 2. The molecule has 3 aromatic heterocycles. The molecule has 0 radical (unpaired) electrons. The summed E-state index contributed by atoms with van der Waals surface area (Å²) in [5.74, 6) is -0.919. The third-order valence-corrected chi connectivity index (χ3v) is 5.27. The van der Waals surface area contributed by atoms with Gasteiger partial charge in [0.25, 0.3) is 5.91 Å². The fourth-order valence-corrected chi connectivity index (χ4v) is 3.84. The summed E-state index contributed by atoms with van der Waals surface area (Å²) >= 11 is 6.08. The van der Waals surface area contributed by atoms with Gasteiger partial charge in [0.1, 0.15) is 0 Å². The lowest BCUT2D eigenvalue weighted by Crippen LogP contribution is -2.12. The van der Waals surface area contributed by atoms with Crippen LogP contribution in [0.5, 0.6) is 0 Å². The number of carbonyl (C=O) groups is 2. The van der Waals surface area contributed by atoms with Gasteiger partial charge in [0.05, 0.1) is 21.0 Å². The monoisotopic (exact) mass is 426 g/mol. The number of thiazole rings is 1. The van der Waals surface area contributed by atoms with Crippen molar-refractivity contribution in [2.24, 2.45) is 0 Å². The number of rotatable bonds is 5. The average molecular weight is 427 g/mol. The van der Waals surface area contributed by atoms with Crippen molar-refractivity contribution in [2.75, 3.05) is 11.9 Å². The molecule has 0 aliphatic heterocycles. The summed E-state index contributed by atoms with van der Waals surface area (Å²) in [6.45, 7) is 1.99. The maximum absolute atomic E-state index is 12.2. The van der Waals surface area contributed by atoms with Crippen LogP contribution in [-0.4, -0.2) is 33.7 Å². The van der Waals surface area contributed by atoms with Crippen LogP contribution in [0.15, 0.2) is 27.4 Å². The number of halogens is 1. The minimum absolute atomic E-state index is 0.170. The van der Waals surface area contributed by atoms with E-state index in [2.05, 4.69) is 36.4 Å². The molecule has 0 bridgehead atoms. The van der Waals surface area contributed by atoms with E-state index in [0.717, 1.165) is 25.7 Å². The van der Waals surface area contributed by atoms with E-state index in [0.29, 0.717) is 5.13 Å². The van der Waals surface area contributed by atoms with Crippen LogP contribution in [0.25, 0.3) is 10.6 Å². The van der Waals surface area contributed by atoms with Gasteiger partial charge in [-0.3, -0.25) is 15.2 Å². The van der Waals surface area contributed by atoms with Gasteiger partial charge >= 0.3 is 5.97 Å². The molecule has 3 rings (SSSR count). The Morgan fingerprint density at radius 1 is 1.38 bits per heavy atom. The van der Waals surface area contributed by atoms with E-state index < -0.39 is 11.9 Å². The highest BCUT2D eigenvalue weighted by Gasteiger charge is 2.16. The molecular formula is C14H11BrN4O3S2. The number of anilines is 1. The van der Waals surface area contributed by atoms with Crippen LogP contribution >= 0.6 is 38.6 Å². The fourth-order valence-electron chi connectivity index (χ4n) is 1.81. The number of hydrogen-bond donors (Lipinski definition) is 2. The van der Waals surface area contributed by atoms with Gasteiger partial charge in [-0.05, 0) is 41.1 Å². The lowest BCUT2D eigenvalue weighted by molar-refractivity contribution is 0.0520. The van der Waals surface area contributed by atoms with Crippen molar-refractivity contribution in [3.63, 3.8) is 0 Å². The number of aromatic amines is 1. The number of aromatic nitrogens is 3. The Kier molecular flexibility index (Phi) is 5.07. The van der Waals surface area contributed by atoms with E-state index >= 15 is 0 Å². The molecule has 24 heavy (non-hydrogen) atoms. The zero-order chi connectivity index (χ0) is 17.1. The SMILES string of the molecule is CCOC(=O)c1csc(NC(=O)c2cc(-c3ccc(Br)s3)[nH]n2)n1. The van der Waals surface area contributed by atoms with Crippen LogP contribution in [0.1, 0.15) is 27.9 Å². The van der Waals surface area contributed by atoms with Crippen LogP contribution in [0, 0.1) is 0 Å². The van der Waals surface area contributed by atoms with Gasteiger partial charge in [-0.1, -0.05) is 0 Å². The number of thiophene rings is 1. The van der Waals surface area contributed by atoms with Gasteiger partial charge in [-0.2, -0.15) is 5.10 Å². The molecule has 0 atom stereocenters. The van der Waals surface area contributed by atoms with Crippen molar-refractivity contribution >= 4 is 55.6 Å². The van der Waals surface area contributed by atoms with Crippen molar-refractivity contribution in [3.8, 4) is 10.6 Å². The van der Waals surface area contributed by atoms with Crippen molar-refractivity contribution in [1.82, 2.24) is 15.2 Å². The van der Waals surface area contributed by atoms with Gasteiger partial charge < -0.3 is 4.74 Å². The fraction of sp³-hybridized carbons (Fsp3) is 0.143. The molecule has 1 amide bonds. The molecule has 0 aliphatic carbocycles. The van der Waals surface area contributed by atoms with Crippen molar-refractivity contribution in [2.45, 2.75) is 6.92 Å². The lowest BCUT2D eigenvalue weighted by Gasteiger charge is -1.98. The largest absolute Gasteiger partial charge is 0.461 e. The first-order chi connectivity index (χ1) is 11.6. The number of carbonyl (C=O) groups excluding carboxylic acids is 2. The topological polar surface area (TPSA) is 97.0 Å². The normalized spacial score (nSPS) is 10.6. The number of hydrogen-bond acceptors (Lipinski definition) is 7. The molecule has 0 fully saturated rings. The Morgan fingerprint density at radius 2 is 2.21 bits per heavy atom. The number of H-pyrrole nitrogens is 1. The van der Waals surface area contributed by atoms with Gasteiger partial charge in [0.15, 0.2) is 16.5 Å². The van der Waals surface area contributed by atoms with Crippen molar-refractivity contribution in [3.05, 3.63) is 38.8 Å². The van der Waals surface area contributed by atoms with Crippen molar-refractivity contribution in [1.29, 1.82) is 0 Å². The molecule has 0 aromatic carbocycles. The highest BCUT2D eigenvalue weighted by atomic mass is 79.9. The molecule has 0 saturated carbocycles. The molecule has 7 nitrogen and oxygen atoms in total. The third kappa shape index (κ3) is 3.71. The summed E-state index contributed by atoms with van der Waals surface area (Å²) in [4.78, 5) is 28.8. The highest BCUT2D eigenvalue weighted by molar-refractivity contribution is 9.11. The number of esters is 1. The maximum Gasteiger partial charge on any atom is 0.357 e. The Labute approximate surface area is 153 Å². The number of nitrogens with one attached hydrogen (secondary N) is 2. The highest BCUT2D eigenvalue weighted by Crippen LogP contribution is 2.30. The molecule has 0 saturated heterocycles. The maximum atomic E-state index is 12.2. The molecule has 3 aromatic rings. The quantitative estimate of drug-likeness (QED) is 0.604. The molecule has 10 heteroatoms. The van der Waals surface area contributed by atoms with E-state index in [1.54, 1.807) is 13.0 Å². The van der Waals surface area contributed by atoms with Crippen LogP contribution in [0.4, 0.5) is 5.13 Å². The summed E-state index contributed by atoms with van der Waals surface area (Å²) in [6.07, 6.45) is 0. The Morgan fingerprint density at radius 3 is 2.92 bits per heavy atom. The standard InChI is InChI=1S/C14H11BrN4O3S2/c1-2-22-13(21)9-6-23-14(16-9)17-12(20)8-5-7(18-19-8)10-3-4-11(15)24-10/h3-6H,2H2,1H3,(H,18,19)(H,16,17,20). The van der Waals surface area contributed by atoms with Gasteiger partial charge in [-0.25, -0.2) is 9.78 Å². The predicted octanol–water partition coefficient (Wildman–Crippen LogP) is 3.79. The van der Waals surface area contributed by atoms with Gasteiger partial charge in [-0.15, -0.1) is 22.7 Å².